The standard InChI is InChI=1S/C18H22N2O2/c1-14(2)13-21-18-11-17(15-7-6-10-19-12-15)20(22-18)16-8-4-3-5-9-16/h3-10,12,14,17-18H,11,13H2,1-2H3/t17-,18+/m0/s1. The van der Waals surface area contributed by atoms with Crippen LogP contribution in [0, 0.1) is 5.92 Å². The normalized spacial score (nSPS) is 21.5. The molecule has 0 radical (unpaired) electrons. The summed E-state index contributed by atoms with van der Waals surface area (Å²) in [4.78, 5) is 10.3. The molecule has 2 atom stereocenters. The molecule has 0 N–H and O–H groups in total. The Morgan fingerprint density at radius 3 is 2.73 bits per heavy atom. The molecule has 116 valence electrons. The van der Waals surface area contributed by atoms with Crippen LogP contribution in [0.2, 0.25) is 0 Å². The van der Waals surface area contributed by atoms with Gasteiger partial charge in [0.05, 0.1) is 18.3 Å². The van der Waals surface area contributed by atoms with E-state index in [4.69, 9.17) is 9.57 Å². The number of benzene rings is 1. The van der Waals surface area contributed by atoms with Crippen molar-refractivity contribution in [2.45, 2.75) is 32.6 Å². The van der Waals surface area contributed by atoms with E-state index >= 15 is 0 Å². The Hall–Kier alpha value is -1.91. The van der Waals surface area contributed by atoms with Gasteiger partial charge >= 0.3 is 0 Å². The largest absolute Gasteiger partial charge is 0.350 e. The highest BCUT2D eigenvalue weighted by molar-refractivity contribution is 5.46. The summed E-state index contributed by atoms with van der Waals surface area (Å²) in [5.41, 5.74) is 2.18. The fourth-order valence-electron chi connectivity index (χ4n) is 2.58. The SMILES string of the molecule is CC(C)CO[C@H]1C[C@@H](c2cccnc2)N(c2ccccc2)O1. The first-order valence-corrected chi connectivity index (χ1v) is 7.76. The van der Waals surface area contributed by atoms with Crippen LogP contribution in [0.4, 0.5) is 5.69 Å². The van der Waals surface area contributed by atoms with Crippen molar-refractivity contribution in [3.8, 4) is 0 Å². The maximum Gasteiger partial charge on any atom is 0.186 e. The first-order chi connectivity index (χ1) is 10.7. The van der Waals surface area contributed by atoms with Crippen molar-refractivity contribution in [3.05, 3.63) is 60.4 Å². The van der Waals surface area contributed by atoms with Crippen LogP contribution in [0.25, 0.3) is 0 Å². The minimum absolute atomic E-state index is 0.119. The van der Waals surface area contributed by atoms with Crippen molar-refractivity contribution in [3.63, 3.8) is 0 Å². The number of hydrogen-bond donors (Lipinski definition) is 0. The lowest BCUT2D eigenvalue weighted by molar-refractivity contribution is -0.125. The van der Waals surface area contributed by atoms with Gasteiger partial charge in [0.15, 0.2) is 6.29 Å². The van der Waals surface area contributed by atoms with Gasteiger partial charge in [-0.2, -0.15) is 0 Å². The molecule has 1 aromatic heterocycles. The van der Waals surface area contributed by atoms with E-state index in [9.17, 15) is 0 Å². The van der Waals surface area contributed by atoms with E-state index in [0.29, 0.717) is 12.5 Å². The number of hydroxylamine groups is 1. The second-order valence-electron chi connectivity index (χ2n) is 5.96. The summed E-state index contributed by atoms with van der Waals surface area (Å²) in [6, 6.07) is 14.3. The van der Waals surface area contributed by atoms with Gasteiger partial charge in [0, 0.05) is 18.8 Å². The van der Waals surface area contributed by atoms with Crippen LogP contribution in [-0.4, -0.2) is 17.9 Å². The highest BCUT2D eigenvalue weighted by atomic mass is 16.8. The molecule has 4 nitrogen and oxygen atoms in total. The number of nitrogens with zero attached hydrogens (tertiary/aromatic N) is 2. The molecule has 0 bridgehead atoms. The lowest BCUT2D eigenvalue weighted by atomic mass is 10.1. The molecule has 3 rings (SSSR count). The summed E-state index contributed by atoms with van der Waals surface area (Å²) in [7, 11) is 0. The van der Waals surface area contributed by atoms with Crippen LogP contribution in [-0.2, 0) is 9.57 Å². The molecular weight excluding hydrogens is 276 g/mol. The zero-order valence-corrected chi connectivity index (χ0v) is 13.1. The van der Waals surface area contributed by atoms with E-state index in [-0.39, 0.29) is 12.3 Å². The molecule has 1 fully saturated rings. The van der Waals surface area contributed by atoms with Gasteiger partial charge in [-0.3, -0.25) is 4.98 Å². The predicted molar refractivity (Wildman–Crippen MR) is 86.2 cm³/mol. The van der Waals surface area contributed by atoms with E-state index in [1.807, 2.05) is 47.7 Å². The number of anilines is 1. The molecule has 2 heterocycles. The van der Waals surface area contributed by atoms with Gasteiger partial charge in [-0.25, -0.2) is 9.90 Å². The Labute approximate surface area is 131 Å². The Balaban J connectivity index is 1.81. The number of hydrogen-bond acceptors (Lipinski definition) is 4. The zero-order valence-electron chi connectivity index (χ0n) is 13.1. The molecule has 22 heavy (non-hydrogen) atoms. The third kappa shape index (κ3) is 3.46. The average molecular weight is 298 g/mol. The van der Waals surface area contributed by atoms with Crippen molar-refractivity contribution >= 4 is 5.69 Å². The van der Waals surface area contributed by atoms with E-state index in [1.54, 1.807) is 6.20 Å². The van der Waals surface area contributed by atoms with E-state index < -0.39 is 0 Å². The van der Waals surface area contributed by atoms with Gasteiger partial charge in [0.1, 0.15) is 0 Å². The van der Waals surface area contributed by atoms with Crippen molar-refractivity contribution in [1.82, 2.24) is 4.98 Å². The van der Waals surface area contributed by atoms with Gasteiger partial charge in [-0.1, -0.05) is 38.1 Å². The molecular formula is C18H22N2O2. The molecule has 4 heteroatoms. The van der Waals surface area contributed by atoms with Gasteiger partial charge in [0.25, 0.3) is 0 Å². The maximum absolute atomic E-state index is 6.05. The van der Waals surface area contributed by atoms with Crippen molar-refractivity contribution < 1.29 is 9.57 Å². The summed E-state index contributed by atoms with van der Waals surface area (Å²) in [6.07, 6.45) is 4.27. The lowest BCUT2D eigenvalue weighted by Gasteiger charge is -2.24. The molecule has 0 amide bonds. The minimum atomic E-state index is -0.215. The van der Waals surface area contributed by atoms with Crippen molar-refractivity contribution in [2.75, 3.05) is 11.7 Å². The molecule has 0 unspecified atom stereocenters. The van der Waals surface area contributed by atoms with Crippen molar-refractivity contribution in [2.24, 2.45) is 5.92 Å². The molecule has 1 saturated heterocycles. The highest BCUT2D eigenvalue weighted by Gasteiger charge is 2.35. The highest BCUT2D eigenvalue weighted by Crippen LogP contribution is 2.38. The topological polar surface area (TPSA) is 34.6 Å². The number of pyridine rings is 1. The quantitative estimate of drug-likeness (QED) is 0.836. The molecule has 0 aliphatic carbocycles. The van der Waals surface area contributed by atoms with Crippen LogP contribution in [0.5, 0.6) is 0 Å². The Morgan fingerprint density at radius 2 is 2.05 bits per heavy atom. The molecule has 2 aromatic rings. The number of ether oxygens (including phenoxy) is 1. The molecule has 0 spiro atoms. The summed E-state index contributed by atoms with van der Waals surface area (Å²) < 4.78 is 5.88. The third-order valence-electron chi connectivity index (χ3n) is 3.63. The smallest absolute Gasteiger partial charge is 0.186 e. The van der Waals surface area contributed by atoms with Crippen LogP contribution >= 0.6 is 0 Å². The predicted octanol–water partition coefficient (Wildman–Crippen LogP) is 3.96. The van der Waals surface area contributed by atoms with Crippen LogP contribution in [0.3, 0.4) is 0 Å². The van der Waals surface area contributed by atoms with Gasteiger partial charge in [0.2, 0.25) is 0 Å². The Morgan fingerprint density at radius 1 is 1.23 bits per heavy atom. The maximum atomic E-state index is 6.05. The van der Waals surface area contributed by atoms with Crippen molar-refractivity contribution in [1.29, 1.82) is 0 Å². The van der Waals surface area contributed by atoms with Crippen LogP contribution in [0.1, 0.15) is 31.9 Å². The summed E-state index contributed by atoms with van der Waals surface area (Å²) in [5.74, 6) is 0.492. The zero-order chi connectivity index (χ0) is 15.4. The fourth-order valence-corrected chi connectivity index (χ4v) is 2.58. The van der Waals surface area contributed by atoms with Crippen LogP contribution in [0.15, 0.2) is 54.9 Å². The average Bonchev–Trinajstić information content (AvgIpc) is 2.99. The van der Waals surface area contributed by atoms with Gasteiger partial charge < -0.3 is 4.74 Å². The first kappa shape index (κ1) is 15.0. The van der Waals surface area contributed by atoms with E-state index in [2.05, 4.69) is 24.9 Å². The minimum Gasteiger partial charge on any atom is -0.350 e. The number of aromatic nitrogens is 1. The second-order valence-corrected chi connectivity index (χ2v) is 5.96. The number of rotatable bonds is 5. The van der Waals surface area contributed by atoms with Gasteiger partial charge in [-0.05, 0) is 29.7 Å². The summed E-state index contributed by atoms with van der Waals surface area (Å²) >= 11 is 0. The Kier molecular flexibility index (Phi) is 4.71. The molecule has 1 aromatic carbocycles. The second kappa shape index (κ2) is 6.90. The van der Waals surface area contributed by atoms with E-state index in [1.165, 1.54) is 0 Å². The monoisotopic (exact) mass is 298 g/mol. The third-order valence-corrected chi connectivity index (χ3v) is 3.63. The first-order valence-electron chi connectivity index (χ1n) is 7.76. The summed E-state index contributed by atoms with van der Waals surface area (Å²) in [5, 5.41) is 1.95. The van der Waals surface area contributed by atoms with E-state index in [0.717, 1.165) is 17.7 Å². The number of para-hydroxylation sites is 1. The molecule has 0 saturated carbocycles. The summed E-state index contributed by atoms with van der Waals surface area (Å²) in [6.45, 7) is 4.98. The van der Waals surface area contributed by atoms with Gasteiger partial charge in [-0.15, -0.1) is 0 Å². The molecule has 1 aliphatic heterocycles. The molecule has 1 aliphatic rings. The lowest BCUT2D eigenvalue weighted by Crippen LogP contribution is -2.23. The Bertz CT molecular complexity index is 527. The fraction of sp³-hybridized carbons (Fsp3) is 0.389. The van der Waals surface area contributed by atoms with Crippen LogP contribution < -0.4 is 5.06 Å².